The fourth-order valence-electron chi connectivity index (χ4n) is 1.65. The number of rotatable bonds is 7. The van der Waals surface area contributed by atoms with Gasteiger partial charge in [0, 0.05) is 31.9 Å². The van der Waals surface area contributed by atoms with Crippen molar-refractivity contribution in [3.8, 4) is 0 Å². The third-order valence-electron chi connectivity index (χ3n) is 2.77. The van der Waals surface area contributed by atoms with Crippen molar-refractivity contribution < 1.29 is 19.0 Å². The van der Waals surface area contributed by atoms with Crippen LogP contribution in [-0.4, -0.2) is 32.3 Å². The first-order valence-electron chi connectivity index (χ1n) is 6.05. The minimum Gasteiger partial charge on any atom is -0.469 e. The summed E-state index contributed by atoms with van der Waals surface area (Å²) >= 11 is 5.95. The second kappa shape index (κ2) is 7.99. The largest absolute Gasteiger partial charge is 0.469 e. The summed E-state index contributed by atoms with van der Waals surface area (Å²) in [5, 5.41) is 0.538. The van der Waals surface area contributed by atoms with Gasteiger partial charge in [0.1, 0.15) is 5.69 Å². The summed E-state index contributed by atoms with van der Waals surface area (Å²) < 4.78 is 15.4. The number of carbonyl (C=O) groups is 1. The van der Waals surface area contributed by atoms with E-state index >= 15 is 0 Å². The molecule has 0 spiro atoms. The van der Waals surface area contributed by atoms with E-state index in [0.29, 0.717) is 23.6 Å². The molecule has 0 unspecified atom stereocenters. The maximum atomic E-state index is 11.0. The lowest BCUT2D eigenvalue weighted by molar-refractivity contribution is -0.180. The lowest BCUT2D eigenvalue weighted by Gasteiger charge is -2.27. The molecule has 0 amide bonds. The van der Waals surface area contributed by atoms with Crippen LogP contribution < -0.4 is 0 Å². The van der Waals surface area contributed by atoms with Crippen molar-refractivity contribution in [3.63, 3.8) is 0 Å². The van der Waals surface area contributed by atoms with Gasteiger partial charge < -0.3 is 14.2 Å². The maximum absolute atomic E-state index is 11.0. The topological polar surface area (TPSA) is 57.7 Å². The molecule has 5 nitrogen and oxygen atoms in total. The maximum Gasteiger partial charge on any atom is 0.305 e. The molecule has 1 aromatic heterocycles. The Morgan fingerprint density at radius 1 is 1.40 bits per heavy atom. The molecule has 1 aromatic rings. The van der Waals surface area contributed by atoms with E-state index in [0.717, 1.165) is 0 Å². The van der Waals surface area contributed by atoms with Gasteiger partial charge >= 0.3 is 5.97 Å². The summed E-state index contributed by atoms with van der Waals surface area (Å²) in [7, 11) is 4.38. The van der Waals surface area contributed by atoms with Crippen LogP contribution in [0.4, 0.5) is 0 Å². The summed E-state index contributed by atoms with van der Waals surface area (Å²) in [4.78, 5) is 15.2. The minimum absolute atomic E-state index is 0.268. The zero-order valence-corrected chi connectivity index (χ0v) is 12.5. The Bertz CT molecular complexity index is 472. The van der Waals surface area contributed by atoms with Crippen LogP contribution >= 0.6 is 11.6 Å². The molecule has 0 saturated heterocycles. The van der Waals surface area contributed by atoms with Gasteiger partial charge in [-0.15, -0.1) is 0 Å². The van der Waals surface area contributed by atoms with Gasteiger partial charge in [0.15, 0.2) is 0 Å². The summed E-state index contributed by atoms with van der Waals surface area (Å²) in [6.07, 6.45) is 5.87. The van der Waals surface area contributed by atoms with Crippen molar-refractivity contribution in [1.82, 2.24) is 4.98 Å². The molecule has 6 heteroatoms. The number of allylic oxidation sites excluding steroid dienone is 1. The number of ether oxygens (including phenoxy) is 3. The molecule has 1 heterocycles. The van der Waals surface area contributed by atoms with Crippen LogP contribution in [0.1, 0.15) is 18.5 Å². The molecule has 0 radical (unpaired) electrons. The third kappa shape index (κ3) is 4.30. The Morgan fingerprint density at radius 3 is 2.65 bits per heavy atom. The van der Waals surface area contributed by atoms with Gasteiger partial charge in [-0.25, -0.2) is 0 Å². The molecule has 0 N–H and O–H groups in total. The molecule has 0 aromatic carbocycles. The predicted molar refractivity (Wildman–Crippen MR) is 75.3 cm³/mol. The average Bonchev–Trinajstić information content (AvgIpc) is 2.47. The van der Waals surface area contributed by atoms with Gasteiger partial charge in [0.2, 0.25) is 5.79 Å². The van der Waals surface area contributed by atoms with Crippen LogP contribution in [0.15, 0.2) is 30.5 Å². The van der Waals surface area contributed by atoms with E-state index in [4.69, 9.17) is 21.1 Å². The van der Waals surface area contributed by atoms with Crippen LogP contribution in [0, 0.1) is 0 Å². The number of methoxy groups -OCH3 is 3. The van der Waals surface area contributed by atoms with Crippen LogP contribution in [0.5, 0.6) is 0 Å². The highest BCUT2D eigenvalue weighted by molar-refractivity contribution is 6.30. The third-order valence-corrected chi connectivity index (χ3v) is 3.00. The van der Waals surface area contributed by atoms with E-state index < -0.39 is 5.79 Å². The molecule has 0 bridgehead atoms. The smallest absolute Gasteiger partial charge is 0.305 e. The van der Waals surface area contributed by atoms with Gasteiger partial charge in [-0.3, -0.25) is 9.78 Å². The van der Waals surface area contributed by atoms with E-state index in [1.54, 1.807) is 30.5 Å². The minimum atomic E-state index is -1.12. The summed E-state index contributed by atoms with van der Waals surface area (Å²) in [5.74, 6) is -1.39. The van der Waals surface area contributed by atoms with E-state index in [9.17, 15) is 4.79 Å². The van der Waals surface area contributed by atoms with E-state index in [2.05, 4.69) is 9.72 Å². The van der Waals surface area contributed by atoms with E-state index in [-0.39, 0.29) is 5.97 Å². The Morgan fingerprint density at radius 2 is 2.10 bits per heavy atom. The zero-order valence-electron chi connectivity index (χ0n) is 11.8. The van der Waals surface area contributed by atoms with Crippen molar-refractivity contribution in [2.24, 2.45) is 0 Å². The monoisotopic (exact) mass is 299 g/mol. The van der Waals surface area contributed by atoms with E-state index in [1.165, 1.54) is 21.3 Å². The molecule has 0 saturated carbocycles. The highest BCUT2D eigenvalue weighted by atomic mass is 35.5. The first-order valence-corrected chi connectivity index (χ1v) is 6.42. The first kappa shape index (κ1) is 16.6. The Balaban J connectivity index is 2.86. The number of halogens is 1. The van der Waals surface area contributed by atoms with Crippen molar-refractivity contribution in [1.29, 1.82) is 0 Å². The highest BCUT2D eigenvalue weighted by Crippen LogP contribution is 2.28. The number of aromatic nitrogens is 1. The van der Waals surface area contributed by atoms with Gasteiger partial charge in [-0.05, 0) is 24.6 Å². The summed E-state index contributed by atoms with van der Waals surface area (Å²) in [6.45, 7) is 0. The molecular weight excluding hydrogens is 282 g/mol. The van der Waals surface area contributed by atoms with Gasteiger partial charge in [-0.2, -0.15) is 0 Å². The first-order chi connectivity index (χ1) is 9.57. The van der Waals surface area contributed by atoms with Crippen molar-refractivity contribution in [2.75, 3.05) is 21.3 Å². The number of carbonyl (C=O) groups excluding carboxylic acids is 1. The molecule has 0 fully saturated rings. The van der Waals surface area contributed by atoms with Gasteiger partial charge in [0.25, 0.3) is 0 Å². The SMILES string of the molecule is COC(=O)CC/C=C/C(OC)(OC)c1cc(Cl)ccn1. The molecular formula is C14H18ClNO4. The molecule has 0 aliphatic carbocycles. The number of pyridine rings is 1. The van der Waals surface area contributed by atoms with Crippen molar-refractivity contribution >= 4 is 17.6 Å². The second-order valence-corrected chi connectivity index (χ2v) is 4.39. The number of hydrogen-bond acceptors (Lipinski definition) is 5. The Hall–Kier alpha value is -1.43. The van der Waals surface area contributed by atoms with Crippen LogP contribution in [-0.2, 0) is 24.8 Å². The molecule has 20 heavy (non-hydrogen) atoms. The molecule has 0 atom stereocenters. The van der Waals surface area contributed by atoms with Crippen molar-refractivity contribution in [3.05, 3.63) is 41.2 Å². The lowest BCUT2D eigenvalue weighted by atomic mass is 10.1. The average molecular weight is 300 g/mol. The second-order valence-electron chi connectivity index (χ2n) is 3.95. The fraction of sp³-hybridized carbons (Fsp3) is 0.429. The zero-order chi connectivity index (χ0) is 15.0. The van der Waals surface area contributed by atoms with Crippen LogP contribution in [0.2, 0.25) is 5.02 Å². The normalized spacial score (nSPS) is 11.8. The van der Waals surface area contributed by atoms with Gasteiger partial charge in [0.05, 0.1) is 7.11 Å². The number of esters is 1. The van der Waals surface area contributed by atoms with Crippen LogP contribution in [0.3, 0.4) is 0 Å². The predicted octanol–water partition coefficient (Wildman–Crippen LogP) is 2.69. The number of nitrogens with zero attached hydrogens (tertiary/aromatic N) is 1. The highest BCUT2D eigenvalue weighted by Gasteiger charge is 2.30. The van der Waals surface area contributed by atoms with Gasteiger partial charge in [-0.1, -0.05) is 17.7 Å². The Labute approximate surface area is 123 Å². The van der Waals surface area contributed by atoms with E-state index in [1.807, 2.05) is 0 Å². The summed E-state index contributed by atoms with van der Waals surface area (Å²) in [6, 6.07) is 3.33. The quantitative estimate of drug-likeness (QED) is 0.440. The van der Waals surface area contributed by atoms with Crippen molar-refractivity contribution in [2.45, 2.75) is 18.6 Å². The molecule has 110 valence electrons. The lowest BCUT2D eigenvalue weighted by Crippen LogP contribution is -2.29. The molecule has 0 aliphatic heterocycles. The summed E-state index contributed by atoms with van der Waals surface area (Å²) in [5.41, 5.74) is 0.532. The molecule has 0 aliphatic rings. The van der Waals surface area contributed by atoms with Crippen LogP contribution in [0.25, 0.3) is 0 Å². The fourth-order valence-corrected chi connectivity index (χ4v) is 1.81. The number of hydrogen-bond donors (Lipinski definition) is 0. The Kier molecular flexibility index (Phi) is 6.64. The standard InChI is InChI=1S/C14H18ClNO4/c1-18-13(17)6-4-5-8-14(19-2,20-3)12-10-11(15)7-9-16-12/h5,7-10H,4,6H2,1-3H3/b8-5+. The molecule has 1 rings (SSSR count).